The highest BCUT2D eigenvalue weighted by Crippen LogP contribution is 2.40. The number of aliphatic hydroxyl groups is 8. The molecule has 0 unspecified atom stereocenters. The predicted molar refractivity (Wildman–Crippen MR) is 195 cm³/mol. The third kappa shape index (κ3) is 10.1. The van der Waals surface area contributed by atoms with Crippen molar-refractivity contribution in [3.63, 3.8) is 0 Å². The van der Waals surface area contributed by atoms with Gasteiger partial charge in [-0.3, -0.25) is 0 Å². The predicted octanol–water partition coefficient (Wildman–Crippen LogP) is -0.386. The number of hydrogen-bond donors (Lipinski definition) is 10. The molecule has 16 heteroatoms. The minimum atomic E-state index is -1.61. The highest BCUT2D eigenvalue weighted by molar-refractivity contribution is 5.50. The van der Waals surface area contributed by atoms with Gasteiger partial charge in [0.25, 0.3) is 0 Å². The van der Waals surface area contributed by atoms with Crippen LogP contribution in [0.3, 0.4) is 0 Å². The van der Waals surface area contributed by atoms with E-state index < -0.39 is 85.5 Å². The number of aliphatic hydroxyl groups excluding tert-OH is 8. The molecule has 2 heterocycles. The minimum absolute atomic E-state index is 0.0692. The molecule has 0 aliphatic carbocycles. The number of phenolic OH excluding ortho intramolecular Hbond substituents is 2. The van der Waals surface area contributed by atoms with E-state index in [1.54, 1.807) is 24.3 Å². The van der Waals surface area contributed by atoms with Gasteiger partial charge in [0.05, 0.1) is 13.2 Å². The lowest BCUT2D eigenvalue weighted by molar-refractivity contribution is -0.277. The Labute approximate surface area is 316 Å². The number of nitrogens with zero attached hydrogens (tertiary/aromatic N) is 2. The molecule has 2 aliphatic rings. The van der Waals surface area contributed by atoms with Crippen LogP contribution in [0, 0.1) is 0 Å². The summed E-state index contributed by atoms with van der Waals surface area (Å²) in [6.45, 7) is 12.0. The zero-order valence-corrected chi connectivity index (χ0v) is 32.3. The van der Waals surface area contributed by atoms with Crippen molar-refractivity contribution in [1.29, 1.82) is 0 Å². The Balaban J connectivity index is 1.49. The van der Waals surface area contributed by atoms with Crippen LogP contribution in [0.1, 0.15) is 63.8 Å². The number of ether oxygens (including phenoxy) is 4. The first-order chi connectivity index (χ1) is 25.1. The summed E-state index contributed by atoms with van der Waals surface area (Å²) in [4.78, 5) is 3.96. The van der Waals surface area contributed by atoms with Crippen molar-refractivity contribution >= 4 is 0 Å². The summed E-state index contributed by atoms with van der Waals surface area (Å²) in [6.07, 6.45) is -14.6. The van der Waals surface area contributed by atoms with Gasteiger partial charge in [-0.1, -0.05) is 41.5 Å². The molecule has 2 fully saturated rings. The molecule has 0 saturated carbocycles. The van der Waals surface area contributed by atoms with Crippen molar-refractivity contribution in [3.8, 4) is 23.0 Å². The molecule has 16 nitrogen and oxygen atoms in total. The van der Waals surface area contributed by atoms with Crippen molar-refractivity contribution in [2.24, 2.45) is 0 Å². The first-order valence-electron chi connectivity index (χ1n) is 18.1. The summed E-state index contributed by atoms with van der Waals surface area (Å²) in [5.74, 6) is 0.636. The molecule has 0 spiro atoms. The maximum Gasteiger partial charge on any atom is 0.229 e. The van der Waals surface area contributed by atoms with Crippen molar-refractivity contribution in [2.45, 2.75) is 127 Å². The SMILES string of the molecule is CN(CCN(C)Cc1cc(O[C@@H]2O[C@H](CO)[C@@H](O)[C@H](O)[C@H]2O)cc(C(C)(C)C)c1O)Cc1cc(O[C@H]2O[C@@H](CO)[C@H](O)[C@@H](O)[C@@H]2O)cc(C(C)(C)C)c1O. The molecule has 2 aliphatic heterocycles. The van der Waals surface area contributed by atoms with Gasteiger partial charge in [0.2, 0.25) is 12.6 Å². The molecule has 54 heavy (non-hydrogen) atoms. The Hall–Kier alpha value is -2.84. The quantitative estimate of drug-likeness (QED) is 0.125. The largest absolute Gasteiger partial charge is 0.507 e. The lowest BCUT2D eigenvalue weighted by Gasteiger charge is -2.39. The zero-order chi connectivity index (χ0) is 40.4. The number of phenols is 2. The molecule has 2 aromatic rings. The molecule has 10 N–H and O–H groups in total. The third-order valence-corrected chi connectivity index (χ3v) is 9.89. The molecule has 0 bridgehead atoms. The summed E-state index contributed by atoms with van der Waals surface area (Å²) in [5, 5.41) is 104. The second-order valence-electron chi connectivity index (χ2n) is 16.6. The van der Waals surface area contributed by atoms with Gasteiger partial charge in [0, 0.05) is 48.4 Å². The van der Waals surface area contributed by atoms with Crippen LogP contribution in [0.25, 0.3) is 0 Å². The van der Waals surface area contributed by atoms with Gasteiger partial charge < -0.3 is 79.8 Å². The first-order valence-corrected chi connectivity index (χ1v) is 18.1. The van der Waals surface area contributed by atoms with Gasteiger partial charge in [0.1, 0.15) is 71.8 Å². The van der Waals surface area contributed by atoms with Crippen LogP contribution in [0.4, 0.5) is 0 Å². The fraction of sp³-hybridized carbons (Fsp3) is 0.684. The number of benzene rings is 2. The molecule has 306 valence electrons. The van der Waals surface area contributed by atoms with Gasteiger partial charge in [-0.15, -0.1) is 0 Å². The number of aromatic hydroxyl groups is 2. The van der Waals surface area contributed by atoms with Crippen molar-refractivity contribution in [1.82, 2.24) is 9.80 Å². The fourth-order valence-corrected chi connectivity index (χ4v) is 6.53. The van der Waals surface area contributed by atoms with Gasteiger partial charge >= 0.3 is 0 Å². The molecular formula is C38H60N2O14. The molecule has 0 amide bonds. The Morgan fingerprint density at radius 3 is 1.19 bits per heavy atom. The molecule has 2 aromatic carbocycles. The van der Waals surface area contributed by atoms with E-state index in [-0.39, 0.29) is 36.1 Å². The first kappa shape index (κ1) is 43.9. The molecule has 4 rings (SSSR count). The summed E-state index contributed by atoms with van der Waals surface area (Å²) in [7, 11) is 3.75. The van der Waals surface area contributed by atoms with E-state index in [1.807, 2.05) is 65.4 Å². The van der Waals surface area contributed by atoms with E-state index in [2.05, 4.69) is 0 Å². The van der Waals surface area contributed by atoms with Crippen molar-refractivity contribution in [2.75, 3.05) is 40.4 Å². The smallest absolute Gasteiger partial charge is 0.229 e. The van der Waals surface area contributed by atoms with Crippen molar-refractivity contribution in [3.05, 3.63) is 46.5 Å². The maximum absolute atomic E-state index is 11.3. The van der Waals surface area contributed by atoms with Gasteiger partial charge in [-0.25, -0.2) is 0 Å². The molecule has 10 atom stereocenters. The number of rotatable bonds is 13. The van der Waals surface area contributed by atoms with Crippen LogP contribution in [0.15, 0.2) is 24.3 Å². The third-order valence-electron chi connectivity index (χ3n) is 9.89. The standard InChI is InChI=1S/C38H60N2O14/c1-37(2,3)23-13-21(51-35-33(49)31(47)29(45)25(17-41)53-35)11-19(27(23)43)15-39(7)9-10-40(8)16-20-12-22(14-24(28(20)44)38(4,5)6)52-36-34(50)32(48)30(46)26(18-42)54-36/h11-14,25-26,29-36,41-50H,9-10,15-18H2,1-8H3/t25-,26+,29-,30+,31+,32-,33-,34+,35-,36+. The molecule has 0 radical (unpaired) electrons. The topological polar surface area (TPSA) is 246 Å². The summed E-state index contributed by atoms with van der Waals surface area (Å²) in [6, 6.07) is 6.47. The normalized spacial score (nSPS) is 29.5. The average Bonchev–Trinajstić information content (AvgIpc) is 3.09. The average molecular weight is 769 g/mol. The van der Waals surface area contributed by atoms with Gasteiger partial charge in [-0.05, 0) is 49.2 Å². The summed E-state index contributed by atoms with van der Waals surface area (Å²) < 4.78 is 23.0. The second kappa shape index (κ2) is 17.5. The Morgan fingerprint density at radius 2 is 0.889 bits per heavy atom. The monoisotopic (exact) mass is 768 g/mol. The fourth-order valence-electron chi connectivity index (χ4n) is 6.53. The molecular weight excluding hydrogens is 708 g/mol. The van der Waals surface area contributed by atoms with E-state index in [9.17, 15) is 51.1 Å². The van der Waals surface area contributed by atoms with Crippen LogP contribution in [0.5, 0.6) is 23.0 Å². The Bertz CT molecular complexity index is 1430. The molecule has 2 saturated heterocycles. The van der Waals surface area contributed by atoms with Crippen molar-refractivity contribution < 1.29 is 70.0 Å². The van der Waals surface area contributed by atoms with E-state index >= 15 is 0 Å². The highest BCUT2D eigenvalue weighted by Gasteiger charge is 2.46. The second-order valence-corrected chi connectivity index (χ2v) is 16.6. The lowest BCUT2D eigenvalue weighted by Crippen LogP contribution is -2.60. The lowest BCUT2D eigenvalue weighted by atomic mass is 9.85. The summed E-state index contributed by atoms with van der Waals surface area (Å²) >= 11 is 0. The van der Waals surface area contributed by atoms with E-state index in [1.165, 1.54) is 0 Å². The van der Waals surface area contributed by atoms with Crippen LogP contribution >= 0.6 is 0 Å². The number of likely N-dealkylation sites (N-methyl/N-ethyl adjacent to an activating group) is 2. The Kier molecular flexibility index (Phi) is 14.2. The zero-order valence-electron chi connectivity index (χ0n) is 32.3. The van der Waals surface area contributed by atoms with Crippen LogP contribution < -0.4 is 9.47 Å². The minimum Gasteiger partial charge on any atom is -0.507 e. The van der Waals surface area contributed by atoms with Gasteiger partial charge in [-0.2, -0.15) is 0 Å². The van der Waals surface area contributed by atoms with Crippen LogP contribution in [0.2, 0.25) is 0 Å². The number of hydrogen-bond acceptors (Lipinski definition) is 16. The van der Waals surface area contributed by atoms with E-state index in [0.29, 0.717) is 35.3 Å². The van der Waals surface area contributed by atoms with Gasteiger partial charge in [0.15, 0.2) is 0 Å². The highest BCUT2D eigenvalue weighted by atomic mass is 16.7. The Morgan fingerprint density at radius 1 is 0.556 bits per heavy atom. The maximum atomic E-state index is 11.3. The summed E-state index contributed by atoms with van der Waals surface area (Å²) in [5.41, 5.74) is 1.17. The van der Waals surface area contributed by atoms with Crippen LogP contribution in [-0.2, 0) is 33.4 Å². The van der Waals surface area contributed by atoms with Crippen LogP contribution in [-0.4, -0.2) is 163 Å². The van der Waals surface area contributed by atoms with E-state index in [4.69, 9.17) is 18.9 Å². The van der Waals surface area contributed by atoms with E-state index in [0.717, 1.165) is 0 Å². The molecule has 0 aromatic heterocycles.